The lowest BCUT2D eigenvalue weighted by Gasteiger charge is -2.35. The number of nitrogens with zero attached hydrogens (tertiary/aromatic N) is 4. The number of anilines is 1. The highest BCUT2D eigenvalue weighted by Crippen LogP contribution is 2.27. The molecule has 1 saturated carbocycles. The smallest absolute Gasteiger partial charge is 0.225 e. The van der Waals surface area contributed by atoms with E-state index in [0.29, 0.717) is 17.3 Å². The van der Waals surface area contributed by atoms with Gasteiger partial charge < -0.3 is 10.2 Å². The molecule has 1 amide bonds. The zero-order chi connectivity index (χ0) is 19.2. The number of carbonyl (C=O) groups excluding carboxylic acids is 1. The first-order valence-electron chi connectivity index (χ1n) is 10.5. The van der Waals surface area contributed by atoms with Gasteiger partial charge in [-0.2, -0.15) is 10.4 Å². The van der Waals surface area contributed by atoms with Gasteiger partial charge >= 0.3 is 0 Å². The van der Waals surface area contributed by atoms with Crippen LogP contribution in [0.25, 0.3) is 0 Å². The average molecular weight is 370 g/mol. The number of amides is 1. The van der Waals surface area contributed by atoms with Crippen LogP contribution in [0.15, 0.2) is 0 Å². The summed E-state index contributed by atoms with van der Waals surface area (Å²) in [6.45, 7) is 5.67. The number of carbonyl (C=O) groups is 1. The third-order valence-corrected chi connectivity index (χ3v) is 6.06. The summed E-state index contributed by atoms with van der Waals surface area (Å²) >= 11 is 0. The molecule has 0 bridgehead atoms. The molecular formula is C21H31N5O. The molecule has 1 saturated heterocycles. The van der Waals surface area contributed by atoms with Gasteiger partial charge in [0, 0.05) is 25.0 Å². The number of hydrogen-bond donors (Lipinski definition) is 1. The lowest BCUT2D eigenvalue weighted by molar-refractivity contribution is -0.137. The fraction of sp³-hybridized carbons (Fsp3) is 0.714. The van der Waals surface area contributed by atoms with Crippen LogP contribution in [0.5, 0.6) is 0 Å². The summed E-state index contributed by atoms with van der Waals surface area (Å²) in [6.07, 6.45) is 9.12. The number of nitriles is 1. The Morgan fingerprint density at radius 2 is 1.81 bits per heavy atom. The summed E-state index contributed by atoms with van der Waals surface area (Å²) in [5.41, 5.74) is 2.54. The molecule has 0 aromatic carbocycles. The molecule has 146 valence electrons. The van der Waals surface area contributed by atoms with E-state index < -0.39 is 0 Å². The van der Waals surface area contributed by atoms with Crippen molar-refractivity contribution in [1.82, 2.24) is 15.1 Å². The fourth-order valence-electron chi connectivity index (χ4n) is 4.44. The predicted octanol–water partition coefficient (Wildman–Crippen LogP) is 3.46. The number of aromatic nitrogens is 2. The highest BCUT2D eigenvalue weighted by molar-refractivity contribution is 5.79. The molecule has 6 nitrogen and oxygen atoms in total. The van der Waals surface area contributed by atoms with Crippen molar-refractivity contribution >= 4 is 11.7 Å². The third-order valence-electron chi connectivity index (χ3n) is 6.06. The fourth-order valence-corrected chi connectivity index (χ4v) is 4.44. The Hall–Kier alpha value is -2.16. The maximum absolute atomic E-state index is 12.7. The van der Waals surface area contributed by atoms with Crippen LogP contribution >= 0.6 is 0 Å². The van der Waals surface area contributed by atoms with Crippen LogP contribution in [-0.2, 0) is 17.6 Å². The highest BCUT2D eigenvalue weighted by Gasteiger charge is 2.29. The number of hydrogen-bond acceptors (Lipinski definition) is 5. The Morgan fingerprint density at radius 1 is 1.11 bits per heavy atom. The second-order valence-corrected chi connectivity index (χ2v) is 7.75. The van der Waals surface area contributed by atoms with Gasteiger partial charge in [-0.05, 0) is 44.1 Å². The van der Waals surface area contributed by atoms with Crippen LogP contribution in [0, 0.1) is 17.2 Å². The first kappa shape index (κ1) is 19.6. The monoisotopic (exact) mass is 369 g/mol. The molecule has 1 aliphatic heterocycles. The summed E-state index contributed by atoms with van der Waals surface area (Å²) in [4.78, 5) is 14.8. The van der Waals surface area contributed by atoms with Crippen LogP contribution in [0.3, 0.4) is 0 Å². The van der Waals surface area contributed by atoms with Crippen molar-refractivity contribution in [1.29, 1.82) is 5.26 Å². The van der Waals surface area contributed by atoms with Crippen molar-refractivity contribution in [3.63, 3.8) is 0 Å². The topological polar surface area (TPSA) is 81.9 Å². The lowest BCUT2D eigenvalue weighted by atomic mass is 9.87. The van der Waals surface area contributed by atoms with Crippen molar-refractivity contribution < 1.29 is 4.79 Å². The Bertz CT molecular complexity index is 697. The maximum atomic E-state index is 12.7. The molecule has 0 spiro atoms. The molecule has 2 heterocycles. The second kappa shape index (κ2) is 9.16. The second-order valence-electron chi connectivity index (χ2n) is 7.75. The molecular weight excluding hydrogens is 338 g/mol. The molecule has 0 unspecified atom stereocenters. The van der Waals surface area contributed by atoms with Gasteiger partial charge in [-0.3, -0.25) is 4.79 Å². The summed E-state index contributed by atoms with van der Waals surface area (Å²) in [5.74, 6) is 1.20. The van der Waals surface area contributed by atoms with E-state index >= 15 is 0 Å². The van der Waals surface area contributed by atoms with Crippen molar-refractivity contribution in [2.45, 2.75) is 77.7 Å². The van der Waals surface area contributed by atoms with Crippen LogP contribution in [-0.4, -0.2) is 40.1 Å². The van der Waals surface area contributed by atoms with Crippen molar-refractivity contribution in [3.8, 4) is 6.07 Å². The van der Waals surface area contributed by atoms with E-state index in [9.17, 15) is 10.1 Å². The zero-order valence-electron chi connectivity index (χ0n) is 16.6. The summed E-state index contributed by atoms with van der Waals surface area (Å²) in [5, 5.41) is 21.7. The van der Waals surface area contributed by atoms with Gasteiger partial charge in [0.2, 0.25) is 5.91 Å². The Labute approximate surface area is 162 Å². The number of nitrogens with one attached hydrogen (secondary N) is 1. The van der Waals surface area contributed by atoms with Gasteiger partial charge in [0.05, 0.1) is 5.69 Å². The van der Waals surface area contributed by atoms with E-state index in [1.165, 1.54) is 19.3 Å². The van der Waals surface area contributed by atoms with Gasteiger partial charge in [0.25, 0.3) is 0 Å². The van der Waals surface area contributed by atoms with Crippen LogP contribution in [0.1, 0.15) is 75.6 Å². The molecule has 1 aromatic heterocycles. The molecule has 0 radical (unpaired) electrons. The minimum absolute atomic E-state index is 0.235. The van der Waals surface area contributed by atoms with E-state index in [1.807, 2.05) is 11.8 Å². The van der Waals surface area contributed by atoms with Crippen LogP contribution in [0.2, 0.25) is 0 Å². The molecule has 27 heavy (non-hydrogen) atoms. The first-order chi connectivity index (χ1) is 13.2. The standard InChI is InChI=1S/C21H31N5O/c1-3-17-18(14-22)20(25-24-19(17)4-2)23-16-10-12-26(13-11-16)21(27)15-8-6-5-7-9-15/h15-16H,3-13H2,1-2H3,(H,23,25). The van der Waals surface area contributed by atoms with E-state index in [0.717, 1.165) is 62.9 Å². The summed E-state index contributed by atoms with van der Waals surface area (Å²) < 4.78 is 0. The van der Waals surface area contributed by atoms with Gasteiger partial charge in [-0.1, -0.05) is 33.1 Å². The molecule has 2 aliphatic rings. The first-order valence-corrected chi connectivity index (χ1v) is 10.5. The largest absolute Gasteiger partial charge is 0.365 e. The molecule has 1 aliphatic carbocycles. The van der Waals surface area contributed by atoms with Crippen LogP contribution < -0.4 is 5.32 Å². The molecule has 3 rings (SSSR count). The van der Waals surface area contributed by atoms with E-state index in [2.05, 4.69) is 28.5 Å². The number of rotatable bonds is 5. The van der Waals surface area contributed by atoms with Crippen molar-refractivity contribution in [2.75, 3.05) is 18.4 Å². The Morgan fingerprint density at radius 3 is 2.41 bits per heavy atom. The lowest BCUT2D eigenvalue weighted by Crippen LogP contribution is -2.45. The highest BCUT2D eigenvalue weighted by atomic mass is 16.2. The van der Waals surface area contributed by atoms with Gasteiger partial charge in [-0.15, -0.1) is 5.10 Å². The Kier molecular flexibility index (Phi) is 6.65. The van der Waals surface area contributed by atoms with Crippen molar-refractivity contribution in [2.24, 2.45) is 5.92 Å². The molecule has 1 N–H and O–H groups in total. The minimum Gasteiger partial charge on any atom is -0.365 e. The predicted molar refractivity (Wildman–Crippen MR) is 105 cm³/mol. The van der Waals surface area contributed by atoms with Gasteiger partial charge in [0.15, 0.2) is 5.82 Å². The van der Waals surface area contributed by atoms with Gasteiger partial charge in [0.1, 0.15) is 11.6 Å². The zero-order valence-corrected chi connectivity index (χ0v) is 16.6. The summed E-state index contributed by atoms with van der Waals surface area (Å²) in [6, 6.07) is 2.56. The third kappa shape index (κ3) is 4.40. The Balaban J connectivity index is 1.61. The number of piperidine rings is 1. The average Bonchev–Trinajstić information content (AvgIpc) is 2.73. The van der Waals surface area contributed by atoms with Crippen molar-refractivity contribution in [3.05, 3.63) is 16.8 Å². The van der Waals surface area contributed by atoms with Crippen LogP contribution in [0.4, 0.5) is 5.82 Å². The molecule has 0 atom stereocenters. The van der Waals surface area contributed by atoms with E-state index in [1.54, 1.807) is 0 Å². The SMILES string of the molecule is CCc1nnc(NC2CCN(C(=O)C3CCCCC3)CC2)c(C#N)c1CC. The van der Waals surface area contributed by atoms with E-state index in [-0.39, 0.29) is 12.0 Å². The quantitative estimate of drug-likeness (QED) is 0.859. The molecule has 2 fully saturated rings. The normalized spacial score (nSPS) is 18.9. The summed E-state index contributed by atoms with van der Waals surface area (Å²) in [7, 11) is 0. The van der Waals surface area contributed by atoms with E-state index in [4.69, 9.17) is 0 Å². The van der Waals surface area contributed by atoms with Gasteiger partial charge in [-0.25, -0.2) is 0 Å². The maximum Gasteiger partial charge on any atom is 0.225 e. The minimum atomic E-state index is 0.235. The number of aryl methyl sites for hydroxylation is 1. The molecule has 6 heteroatoms. The number of likely N-dealkylation sites (tertiary alicyclic amines) is 1. The molecule has 1 aromatic rings.